The molecule has 0 atom stereocenters. The molecule has 2 heteroatoms. The Morgan fingerprint density at radius 3 is 1.03 bits per heavy atom. The van der Waals surface area contributed by atoms with Crippen LogP contribution in [-0.2, 0) is 25.7 Å². The van der Waals surface area contributed by atoms with Gasteiger partial charge in [0, 0.05) is 17.0 Å². The SMILES string of the molecule is CC(c1cc(CC(C)(C)C)cc(CC(C)(C)C)c1O)c1cc(CC(C)(C)C)cc(CC(C)(C)C)c1O. The van der Waals surface area contributed by atoms with Crippen molar-refractivity contribution < 1.29 is 10.2 Å². The fourth-order valence-corrected chi connectivity index (χ4v) is 5.24. The predicted molar refractivity (Wildman–Crippen MR) is 156 cm³/mol. The average Bonchev–Trinajstić information content (AvgIpc) is 2.61. The van der Waals surface area contributed by atoms with Gasteiger partial charge in [0.2, 0.25) is 0 Å². The third-order valence-corrected chi connectivity index (χ3v) is 6.40. The van der Waals surface area contributed by atoms with E-state index in [1.807, 2.05) is 0 Å². The molecule has 0 radical (unpaired) electrons. The summed E-state index contributed by atoms with van der Waals surface area (Å²) in [5.41, 5.74) is 6.76. The molecule has 202 valence electrons. The Balaban J connectivity index is 2.74. The number of hydrogen-bond acceptors (Lipinski definition) is 2. The van der Waals surface area contributed by atoms with E-state index in [1.165, 1.54) is 11.1 Å². The summed E-state index contributed by atoms with van der Waals surface area (Å²) in [5.74, 6) is 0.642. The lowest BCUT2D eigenvalue weighted by Gasteiger charge is -2.27. The van der Waals surface area contributed by atoms with Crippen LogP contribution in [0.2, 0.25) is 0 Å². The maximum atomic E-state index is 11.5. The van der Waals surface area contributed by atoms with Crippen molar-refractivity contribution in [2.75, 3.05) is 0 Å². The molecular weight excluding hydrogens is 440 g/mol. The molecule has 2 nitrogen and oxygen atoms in total. The van der Waals surface area contributed by atoms with Crippen LogP contribution in [-0.4, -0.2) is 10.2 Å². The highest BCUT2D eigenvalue weighted by Gasteiger charge is 2.26. The lowest BCUT2D eigenvalue weighted by molar-refractivity contribution is 0.386. The Bertz CT molecular complexity index is 962. The van der Waals surface area contributed by atoms with Crippen molar-refractivity contribution in [1.82, 2.24) is 0 Å². The van der Waals surface area contributed by atoms with E-state index >= 15 is 0 Å². The Morgan fingerprint density at radius 2 is 0.778 bits per heavy atom. The second-order valence-electron chi connectivity index (χ2n) is 16.1. The van der Waals surface area contributed by atoms with E-state index in [0.717, 1.165) is 47.9 Å². The summed E-state index contributed by atoms with van der Waals surface area (Å²) in [6, 6.07) is 8.75. The van der Waals surface area contributed by atoms with E-state index in [4.69, 9.17) is 0 Å². The molecule has 0 saturated heterocycles. The first-order valence-corrected chi connectivity index (χ1v) is 13.7. The maximum Gasteiger partial charge on any atom is 0.122 e. The van der Waals surface area contributed by atoms with Gasteiger partial charge in [-0.25, -0.2) is 0 Å². The largest absolute Gasteiger partial charge is 0.507 e. The van der Waals surface area contributed by atoms with E-state index < -0.39 is 0 Å². The molecule has 2 aromatic carbocycles. The van der Waals surface area contributed by atoms with Crippen molar-refractivity contribution in [1.29, 1.82) is 0 Å². The van der Waals surface area contributed by atoms with Crippen molar-refractivity contribution in [2.45, 2.75) is 122 Å². The first kappa shape index (κ1) is 30.3. The highest BCUT2D eigenvalue weighted by atomic mass is 16.3. The van der Waals surface area contributed by atoms with E-state index in [0.29, 0.717) is 11.5 Å². The molecule has 0 fully saturated rings. The minimum atomic E-state index is -0.123. The molecule has 2 N–H and O–H groups in total. The van der Waals surface area contributed by atoms with Crippen LogP contribution < -0.4 is 0 Å². The second kappa shape index (κ2) is 10.4. The van der Waals surface area contributed by atoms with E-state index in [9.17, 15) is 10.2 Å². The van der Waals surface area contributed by atoms with Gasteiger partial charge in [0.1, 0.15) is 11.5 Å². The van der Waals surface area contributed by atoms with Crippen LogP contribution in [0.5, 0.6) is 11.5 Å². The summed E-state index contributed by atoms with van der Waals surface area (Å²) in [6.45, 7) is 29.0. The fraction of sp³-hybridized carbons (Fsp3) is 0.647. The zero-order chi connectivity index (χ0) is 27.9. The molecule has 0 heterocycles. The molecule has 0 aliphatic rings. The molecule has 0 bridgehead atoms. The zero-order valence-corrected chi connectivity index (χ0v) is 25.6. The van der Waals surface area contributed by atoms with Crippen molar-refractivity contribution >= 4 is 0 Å². The molecule has 0 aliphatic heterocycles. The predicted octanol–water partition coefficient (Wildman–Crippen LogP) is 9.60. The summed E-state index contributed by atoms with van der Waals surface area (Å²) in [6.07, 6.45) is 3.49. The van der Waals surface area contributed by atoms with Crippen molar-refractivity contribution in [3.63, 3.8) is 0 Å². The summed E-state index contributed by atoms with van der Waals surface area (Å²) in [5, 5.41) is 23.1. The molecule has 2 aromatic rings. The van der Waals surface area contributed by atoms with Gasteiger partial charge in [-0.2, -0.15) is 0 Å². The smallest absolute Gasteiger partial charge is 0.122 e. The molecule has 2 rings (SSSR count). The third-order valence-electron chi connectivity index (χ3n) is 6.40. The maximum absolute atomic E-state index is 11.5. The van der Waals surface area contributed by atoms with Crippen molar-refractivity contribution in [3.05, 3.63) is 57.6 Å². The summed E-state index contributed by atoms with van der Waals surface area (Å²) in [4.78, 5) is 0. The van der Waals surface area contributed by atoms with Gasteiger partial charge >= 0.3 is 0 Å². The molecule has 36 heavy (non-hydrogen) atoms. The first-order chi connectivity index (χ1) is 16.0. The van der Waals surface area contributed by atoms with Crippen molar-refractivity contribution in [3.8, 4) is 11.5 Å². The van der Waals surface area contributed by atoms with Crippen LogP contribution in [0.3, 0.4) is 0 Å². The number of benzene rings is 2. The van der Waals surface area contributed by atoms with Crippen LogP contribution in [0.1, 0.15) is 129 Å². The van der Waals surface area contributed by atoms with Gasteiger partial charge in [-0.1, -0.05) is 114 Å². The van der Waals surface area contributed by atoms with E-state index in [-0.39, 0.29) is 27.6 Å². The Morgan fingerprint density at radius 1 is 0.500 bits per heavy atom. The second-order valence-corrected chi connectivity index (χ2v) is 16.1. The molecule has 0 saturated carbocycles. The standard InChI is InChI=1S/C34H54O2/c1-22(27-16-23(18-31(2,3)4)14-25(29(27)35)20-33(8,9)10)28-17-24(19-32(5,6)7)15-26(30(28)36)21-34(11,12)13/h14-17,22,35-36H,18-21H2,1-13H3. The summed E-state index contributed by atoms with van der Waals surface area (Å²) in [7, 11) is 0. The van der Waals surface area contributed by atoms with Crippen molar-refractivity contribution in [2.24, 2.45) is 21.7 Å². The van der Waals surface area contributed by atoms with Crippen LogP contribution >= 0.6 is 0 Å². The lowest BCUT2D eigenvalue weighted by Crippen LogP contribution is -2.15. The molecule has 0 unspecified atom stereocenters. The van der Waals surface area contributed by atoms with Crippen LogP contribution in [0.4, 0.5) is 0 Å². The van der Waals surface area contributed by atoms with Crippen LogP contribution in [0.15, 0.2) is 24.3 Å². The molecule has 0 spiro atoms. The van der Waals surface area contributed by atoms with Crippen LogP contribution in [0, 0.1) is 21.7 Å². The summed E-state index contributed by atoms with van der Waals surface area (Å²) < 4.78 is 0. The van der Waals surface area contributed by atoms with Gasteiger partial charge in [0.05, 0.1) is 0 Å². The lowest BCUT2D eigenvalue weighted by atomic mass is 9.79. The monoisotopic (exact) mass is 494 g/mol. The molecule has 0 amide bonds. The molecular formula is C34H54O2. The normalized spacial score (nSPS) is 13.5. The van der Waals surface area contributed by atoms with Gasteiger partial charge in [0.15, 0.2) is 0 Å². The molecule has 0 aromatic heterocycles. The Hall–Kier alpha value is -1.96. The van der Waals surface area contributed by atoms with Gasteiger partial charge in [-0.05, 0) is 69.6 Å². The minimum absolute atomic E-state index is 0.0625. The first-order valence-electron chi connectivity index (χ1n) is 13.7. The Labute approximate surface area is 222 Å². The highest BCUT2D eigenvalue weighted by Crippen LogP contribution is 2.43. The Kier molecular flexibility index (Phi) is 8.76. The third kappa shape index (κ3) is 9.16. The number of aromatic hydroxyl groups is 2. The average molecular weight is 495 g/mol. The topological polar surface area (TPSA) is 40.5 Å². The fourth-order valence-electron chi connectivity index (χ4n) is 5.24. The molecule has 0 aliphatic carbocycles. The number of phenolic OH excluding ortho intramolecular Hbond substituents is 2. The van der Waals surface area contributed by atoms with Gasteiger partial charge < -0.3 is 10.2 Å². The number of hydrogen-bond donors (Lipinski definition) is 2. The number of rotatable bonds is 6. The van der Waals surface area contributed by atoms with Gasteiger partial charge in [-0.3, -0.25) is 0 Å². The van der Waals surface area contributed by atoms with E-state index in [1.54, 1.807) is 0 Å². The quantitative estimate of drug-likeness (QED) is 0.419. The minimum Gasteiger partial charge on any atom is -0.507 e. The number of phenols is 2. The van der Waals surface area contributed by atoms with E-state index in [2.05, 4.69) is 114 Å². The summed E-state index contributed by atoms with van der Waals surface area (Å²) >= 11 is 0. The van der Waals surface area contributed by atoms with Gasteiger partial charge in [0.25, 0.3) is 0 Å². The highest BCUT2D eigenvalue weighted by molar-refractivity contribution is 5.54. The van der Waals surface area contributed by atoms with Crippen LogP contribution in [0.25, 0.3) is 0 Å². The van der Waals surface area contributed by atoms with Gasteiger partial charge in [-0.15, -0.1) is 0 Å². The zero-order valence-electron chi connectivity index (χ0n) is 25.6.